The van der Waals surface area contributed by atoms with Gasteiger partial charge in [0.05, 0.1) is 17.0 Å². The fourth-order valence-electron chi connectivity index (χ4n) is 2.95. The minimum Gasteiger partial charge on any atom is -0.508 e. The van der Waals surface area contributed by atoms with Gasteiger partial charge in [0, 0.05) is 28.9 Å². The SMILES string of the molecule is CC.O=NCc1nnc2[nH]cc(C(=O)c3ccc(O)cc3)c2c1-c1ccccn1. The highest BCUT2D eigenvalue weighted by Crippen LogP contribution is 2.32. The van der Waals surface area contributed by atoms with E-state index in [4.69, 9.17) is 0 Å². The normalized spacial score (nSPS) is 10.3. The lowest BCUT2D eigenvalue weighted by atomic mass is 9.98. The zero-order valence-electron chi connectivity index (χ0n) is 16.0. The number of hydrogen-bond donors (Lipinski definition) is 2. The molecule has 0 saturated heterocycles. The molecule has 0 atom stereocenters. The average molecular weight is 389 g/mol. The van der Waals surface area contributed by atoms with E-state index < -0.39 is 0 Å². The van der Waals surface area contributed by atoms with Crippen LogP contribution >= 0.6 is 0 Å². The zero-order valence-corrected chi connectivity index (χ0v) is 16.0. The van der Waals surface area contributed by atoms with Crippen LogP contribution in [0.4, 0.5) is 0 Å². The Morgan fingerprint density at radius 2 is 1.86 bits per heavy atom. The highest BCUT2D eigenvalue weighted by atomic mass is 16.3. The van der Waals surface area contributed by atoms with Crippen molar-refractivity contribution in [1.82, 2.24) is 20.2 Å². The number of phenolic OH excluding ortho intramolecular Hbond substituents is 1. The fourth-order valence-corrected chi connectivity index (χ4v) is 2.95. The molecule has 0 spiro atoms. The van der Waals surface area contributed by atoms with Crippen molar-refractivity contribution in [2.24, 2.45) is 5.18 Å². The monoisotopic (exact) mass is 389 g/mol. The first-order valence-electron chi connectivity index (χ1n) is 9.10. The number of benzene rings is 1. The van der Waals surface area contributed by atoms with Gasteiger partial charge in [0.2, 0.25) is 0 Å². The first-order chi connectivity index (χ1) is 14.2. The summed E-state index contributed by atoms with van der Waals surface area (Å²) in [7, 11) is 0. The molecule has 0 bridgehead atoms. The van der Waals surface area contributed by atoms with E-state index in [2.05, 4.69) is 25.3 Å². The molecule has 0 aliphatic rings. The molecule has 8 nitrogen and oxygen atoms in total. The second kappa shape index (κ2) is 8.83. The van der Waals surface area contributed by atoms with Crippen LogP contribution in [0, 0.1) is 4.91 Å². The topological polar surface area (TPSA) is 121 Å². The number of nitrogens with one attached hydrogen (secondary N) is 1. The van der Waals surface area contributed by atoms with Crippen LogP contribution in [0.25, 0.3) is 22.3 Å². The third kappa shape index (κ3) is 3.86. The number of pyridine rings is 1. The third-order valence-electron chi connectivity index (χ3n) is 4.18. The van der Waals surface area contributed by atoms with Crippen LogP contribution in [0.5, 0.6) is 5.75 Å². The smallest absolute Gasteiger partial charge is 0.195 e. The summed E-state index contributed by atoms with van der Waals surface area (Å²) >= 11 is 0. The maximum Gasteiger partial charge on any atom is 0.195 e. The number of rotatable bonds is 5. The molecule has 4 aromatic rings. The molecule has 0 aliphatic heterocycles. The van der Waals surface area contributed by atoms with Crippen molar-refractivity contribution < 1.29 is 9.90 Å². The van der Waals surface area contributed by atoms with E-state index in [0.717, 1.165) is 0 Å². The molecule has 0 aliphatic carbocycles. The van der Waals surface area contributed by atoms with Gasteiger partial charge in [-0.05, 0) is 36.4 Å². The van der Waals surface area contributed by atoms with Gasteiger partial charge >= 0.3 is 0 Å². The molecule has 29 heavy (non-hydrogen) atoms. The van der Waals surface area contributed by atoms with Crippen molar-refractivity contribution in [1.29, 1.82) is 0 Å². The summed E-state index contributed by atoms with van der Waals surface area (Å²) in [4.78, 5) is 31.2. The van der Waals surface area contributed by atoms with Crippen LogP contribution in [-0.4, -0.2) is 31.1 Å². The minimum atomic E-state index is -0.253. The van der Waals surface area contributed by atoms with Gasteiger partial charge in [0.25, 0.3) is 0 Å². The summed E-state index contributed by atoms with van der Waals surface area (Å²) in [5, 5.41) is 21.0. The van der Waals surface area contributed by atoms with Crippen molar-refractivity contribution in [3.8, 4) is 17.0 Å². The molecule has 2 N–H and O–H groups in total. The number of aromatic hydroxyl groups is 1. The highest BCUT2D eigenvalue weighted by Gasteiger charge is 2.22. The molecular weight excluding hydrogens is 370 g/mol. The molecule has 0 saturated carbocycles. The molecule has 3 heterocycles. The van der Waals surface area contributed by atoms with E-state index in [1.54, 1.807) is 42.7 Å². The van der Waals surface area contributed by atoms with Crippen LogP contribution < -0.4 is 0 Å². The molecule has 0 amide bonds. The second-order valence-electron chi connectivity index (χ2n) is 5.83. The number of nitrogens with zero attached hydrogens (tertiary/aromatic N) is 4. The number of aromatic amines is 1. The number of carbonyl (C=O) groups excluding carboxylic acids is 1. The van der Waals surface area contributed by atoms with Crippen molar-refractivity contribution in [3.05, 3.63) is 76.6 Å². The Balaban J connectivity index is 0.00000117. The Kier molecular flexibility index (Phi) is 6.03. The standard InChI is InChI=1S/C19H13N5O3.C2H6/c25-12-6-4-11(5-7-12)18(26)13-9-21-19-16(13)17(14-3-1-2-8-20-14)15(10-22-27)23-24-19;1-2/h1-9,25H,10H2,(H,21,24);1-2H3. The number of H-pyrrole nitrogens is 1. The molecule has 0 radical (unpaired) electrons. The molecule has 8 heteroatoms. The Hall–Kier alpha value is -3.94. The summed E-state index contributed by atoms with van der Waals surface area (Å²) < 4.78 is 0. The number of ketones is 1. The van der Waals surface area contributed by atoms with Gasteiger partial charge in [-0.25, -0.2) is 0 Å². The fraction of sp³-hybridized carbons (Fsp3) is 0.143. The summed E-state index contributed by atoms with van der Waals surface area (Å²) in [6.45, 7) is 3.81. The summed E-state index contributed by atoms with van der Waals surface area (Å²) in [5.41, 5.74) is 2.65. The molecule has 1 aromatic carbocycles. The van der Waals surface area contributed by atoms with Crippen LogP contribution in [0.1, 0.15) is 35.5 Å². The average Bonchev–Trinajstić information content (AvgIpc) is 3.20. The lowest BCUT2D eigenvalue weighted by Gasteiger charge is -2.08. The number of carbonyl (C=O) groups is 1. The maximum atomic E-state index is 13.0. The number of aromatic nitrogens is 4. The van der Waals surface area contributed by atoms with Crippen molar-refractivity contribution in [3.63, 3.8) is 0 Å². The molecule has 0 unspecified atom stereocenters. The molecule has 146 valence electrons. The van der Waals surface area contributed by atoms with Gasteiger partial charge in [0.15, 0.2) is 11.4 Å². The number of phenols is 1. The van der Waals surface area contributed by atoms with Crippen LogP contribution in [-0.2, 0) is 6.54 Å². The molecular formula is C21H19N5O3. The van der Waals surface area contributed by atoms with Crippen LogP contribution in [0.15, 0.2) is 60.0 Å². The van der Waals surface area contributed by atoms with Gasteiger partial charge in [0.1, 0.15) is 12.3 Å². The predicted octanol–water partition coefficient (Wildman–Crippen LogP) is 4.25. The third-order valence-corrected chi connectivity index (χ3v) is 4.18. The summed E-state index contributed by atoms with van der Waals surface area (Å²) in [5.74, 6) is -0.179. The van der Waals surface area contributed by atoms with E-state index in [9.17, 15) is 14.8 Å². The van der Waals surface area contributed by atoms with E-state index in [1.165, 1.54) is 12.1 Å². The Bertz CT molecular complexity index is 1140. The second-order valence-corrected chi connectivity index (χ2v) is 5.83. The Labute approximate surface area is 166 Å². The van der Waals surface area contributed by atoms with E-state index in [1.807, 2.05) is 13.8 Å². The van der Waals surface area contributed by atoms with Crippen molar-refractivity contribution >= 4 is 16.8 Å². The van der Waals surface area contributed by atoms with Crippen LogP contribution in [0.3, 0.4) is 0 Å². The quantitative estimate of drug-likeness (QED) is 0.389. The first kappa shape index (κ1) is 19.8. The van der Waals surface area contributed by atoms with E-state index in [-0.39, 0.29) is 18.1 Å². The Morgan fingerprint density at radius 1 is 1.10 bits per heavy atom. The van der Waals surface area contributed by atoms with E-state index >= 15 is 0 Å². The van der Waals surface area contributed by atoms with Gasteiger partial charge in [-0.2, -0.15) is 10.0 Å². The lowest BCUT2D eigenvalue weighted by molar-refractivity contribution is 0.104. The molecule has 4 rings (SSSR count). The first-order valence-corrected chi connectivity index (χ1v) is 9.10. The zero-order chi connectivity index (χ0) is 20.8. The summed E-state index contributed by atoms with van der Waals surface area (Å²) in [6.07, 6.45) is 3.17. The maximum absolute atomic E-state index is 13.0. The number of nitroso groups, excluding NO2 is 1. The van der Waals surface area contributed by atoms with Crippen LogP contribution in [0.2, 0.25) is 0 Å². The number of hydrogen-bond acceptors (Lipinski definition) is 7. The van der Waals surface area contributed by atoms with Gasteiger partial charge in [-0.3, -0.25) is 9.78 Å². The minimum absolute atomic E-state index is 0.0739. The highest BCUT2D eigenvalue weighted by molar-refractivity contribution is 6.18. The lowest BCUT2D eigenvalue weighted by Crippen LogP contribution is -2.03. The van der Waals surface area contributed by atoms with Crippen molar-refractivity contribution in [2.75, 3.05) is 0 Å². The predicted molar refractivity (Wildman–Crippen MR) is 110 cm³/mol. The van der Waals surface area contributed by atoms with Gasteiger partial charge in [-0.15, -0.1) is 5.10 Å². The largest absolute Gasteiger partial charge is 0.508 e. The number of fused-ring (bicyclic) bond motifs is 1. The van der Waals surface area contributed by atoms with E-state index in [0.29, 0.717) is 39.1 Å². The summed E-state index contributed by atoms with van der Waals surface area (Å²) in [6, 6.07) is 11.3. The molecule has 3 aromatic heterocycles. The van der Waals surface area contributed by atoms with Gasteiger partial charge in [-0.1, -0.05) is 25.1 Å². The van der Waals surface area contributed by atoms with Gasteiger partial charge < -0.3 is 10.1 Å². The Morgan fingerprint density at radius 3 is 2.52 bits per heavy atom. The molecule has 0 fully saturated rings. The van der Waals surface area contributed by atoms with Crippen molar-refractivity contribution in [2.45, 2.75) is 20.4 Å².